The van der Waals surface area contributed by atoms with Gasteiger partial charge in [0.15, 0.2) is 6.61 Å². The molecule has 0 aromatic heterocycles. The van der Waals surface area contributed by atoms with Gasteiger partial charge in [-0.25, -0.2) is 4.79 Å². The summed E-state index contributed by atoms with van der Waals surface area (Å²) in [5.74, 6) is -0.267. The van der Waals surface area contributed by atoms with Gasteiger partial charge in [0.2, 0.25) is 0 Å². The molecule has 0 radical (unpaired) electrons. The highest BCUT2D eigenvalue weighted by molar-refractivity contribution is 5.88. The fourth-order valence-electron chi connectivity index (χ4n) is 1.58. The Kier molecular flexibility index (Phi) is 6.03. The highest BCUT2D eigenvalue weighted by atomic mass is 16.5. The van der Waals surface area contributed by atoms with Crippen molar-refractivity contribution in [3.63, 3.8) is 0 Å². The molecule has 1 aromatic rings. The van der Waals surface area contributed by atoms with E-state index in [0.29, 0.717) is 18.2 Å². The van der Waals surface area contributed by atoms with Gasteiger partial charge in [0, 0.05) is 6.54 Å². The van der Waals surface area contributed by atoms with Gasteiger partial charge in [-0.1, -0.05) is 19.9 Å². The van der Waals surface area contributed by atoms with Gasteiger partial charge in [0.1, 0.15) is 5.75 Å². The van der Waals surface area contributed by atoms with Gasteiger partial charge in [0.25, 0.3) is 5.91 Å². The summed E-state index contributed by atoms with van der Waals surface area (Å²) in [5, 5.41) is 11.7. The number of nitrogens with one attached hydrogen (secondary N) is 1. The second kappa shape index (κ2) is 7.53. The monoisotopic (exact) mass is 279 g/mol. The lowest BCUT2D eigenvalue weighted by molar-refractivity contribution is -0.123. The Balaban J connectivity index is 2.50. The van der Waals surface area contributed by atoms with Crippen molar-refractivity contribution < 1.29 is 19.4 Å². The van der Waals surface area contributed by atoms with Gasteiger partial charge < -0.3 is 15.2 Å². The van der Waals surface area contributed by atoms with E-state index in [9.17, 15) is 9.59 Å². The zero-order valence-electron chi connectivity index (χ0n) is 12.1. The first-order valence-corrected chi connectivity index (χ1v) is 6.63. The normalized spacial score (nSPS) is 10.4. The second-order valence-corrected chi connectivity index (χ2v) is 5.11. The van der Waals surface area contributed by atoms with E-state index in [4.69, 9.17) is 9.84 Å². The van der Waals surface area contributed by atoms with Crippen LogP contribution in [0.1, 0.15) is 36.2 Å². The summed E-state index contributed by atoms with van der Waals surface area (Å²) in [6, 6.07) is 4.60. The number of hydrogen-bond donors (Lipinski definition) is 2. The number of hydrogen-bond acceptors (Lipinski definition) is 3. The molecule has 0 heterocycles. The first-order chi connectivity index (χ1) is 9.40. The third-order valence-electron chi connectivity index (χ3n) is 2.84. The number of aryl methyl sites for hydroxylation is 1. The fraction of sp³-hybridized carbons (Fsp3) is 0.467. The van der Waals surface area contributed by atoms with E-state index >= 15 is 0 Å². The summed E-state index contributed by atoms with van der Waals surface area (Å²) in [4.78, 5) is 22.4. The van der Waals surface area contributed by atoms with Crippen molar-refractivity contribution in [1.82, 2.24) is 5.32 Å². The number of ether oxygens (including phenoxy) is 1. The summed E-state index contributed by atoms with van der Waals surface area (Å²) in [7, 11) is 0. The summed E-state index contributed by atoms with van der Waals surface area (Å²) in [6.45, 7) is 6.49. The van der Waals surface area contributed by atoms with Crippen molar-refractivity contribution in [2.24, 2.45) is 5.92 Å². The van der Waals surface area contributed by atoms with Crippen LogP contribution in [0.3, 0.4) is 0 Å². The number of carboxylic acid groups (broad SMARTS) is 1. The van der Waals surface area contributed by atoms with Crippen molar-refractivity contribution in [2.75, 3.05) is 13.2 Å². The van der Waals surface area contributed by atoms with Crippen LogP contribution in [0.5, 0.6) is 5.75 Å². The predicted molar refractivity (Wildman–Crippen MR) is 76.1 cm³/mol. The molecule has 5 nitrogen and oxygen atoms in total. The largest absolute Gasteiger partial charge is 0.483 e. The van der Waals surface area contributed by atoms with Crippen LogP contribution >= 0.6 is 0 Å². The molecular weight excluding hydrogens is 258 g/mol. The van der Waals surface area contributed by atoms with Crippen molar-refractivity contribution in [2.45, 2.75) is 27.2 Å². The smallest absolute Gasteiger partial charge is 0.335 e. The molecule has 110 valence electrons. The van der Waals surface area contributed by atoms with E-state index in [1.807, 2.05) is 0 Å². The lowest BCUT2D eigenvalue weighted by Gasteiger charge is -2.11. The molecule has 0 saturated carbocycles. The van der Waals surface area contributed by atoms with Gasteiger partial charge in [-0.2, -0.15) is 0 Å². The molecule has 0 unspecified atom stereocenters. The molecule has 0 atom stereocenters. The molecule has 0 aliphatic heterocycles. The third kappa shape index (κ3) is 5.30. The highest BCUT2D eigenvalue weighted by Crippen LogP contribution is 2.19. The minimum atomic E-state index is -1.02. The Morgan fingerprint density at radius 3 is 2.65 bits per heavy atom. The summed E-state index contributed by atoms with van der Waals surface area (Å²) >= 11 is 0. The molecule has 0 aliphatic carbocycles. The van der Waals surface area contributed by atoms with Crippen LogP contribution in [0.25, 0.3) is 0 Å². The molecule has 1 aromatic carbocycles. The first kappa shape index (κ1) is 16.0. The van der Waals surface area contributed by atoms with Crippen LogP contribution in [0, 0.1) is 12.8 Å². The predicted octanol–water partition coefficient (Wildman–Crippen LogP) is 2.23. The molecule has 0 spiro atoms. The molecule has 2 N–H and O–H groups in total. The first-order valence-electron chi connectivity index (χ1n) is 6.63. The molecular formula is C15H21NO4. The highest BCUT2D eigenvalue weighted by Gasteiger charge is 2.09. The van der Waals surface area contributed by atoms with E-state index in [2.05, 4.69) is 19.2 Å². The van der Waals surface area contributed by atoms with E-state index in [0.717, 1.165) is 12.0 Å². The Hall–Kier alpha value is -2.04. The number of rotatable bonds is 7. The Morgan fingerprint density at radius 1 is 1.35 bits per heavy atom. The van der Waals surface area contributed by atoms with Gasteiger partial charge in [-0.05, 0) is 37.0 Å². The summed E-state index contributed by atoms with van der Waals surface area (Å²) < 4.78 is 5.37. The second-order valence-electron chi connectivity index (χ2n) is 5.11. The Labute approximate surface area is 118 Å². The number of amides is 1. The lowest BCUT2D eigenvalue weighted by Crippen LogP contribution is -2.30. The maximum Gasteiger partial charge on any atom is 0.335 e. The van der Waals surface area contributed by atoms with Gasteiger partial charge >= 0.3 is 5.97 Å². The average molecular weight is 279 g/mol. The van der Waals surface area contributed by atoms with Crippen molar-refractivity contribution in [1.29, 1.82) is 0 Å². The van der Waals surface area contributed by atoms with Crippen LogP contribution in [-0.2, 0) is 4.79 Å². The van der Waals surface area contributed by atoms with E-state index in [1.54, 1.807) is 13.0 Å². The fourth-order valence-corrected chi connectivity index (χ4v) is 1.58. The van der Waals surface area contributed by atoms with E-state index in [-0.39, 0.29) is 18.1 Å². The van der Waals surface area contributed by atoms with Crippen molar-refractivity contribution in [3.8, 4) is 5.75 Å². The summed E-state index contributed by atoms with van der Waals surface area (Å²) in [6.07, 6.45) is 0.916. The van der Waals surface area contributed by atoms with Gasteiger partial charge in [-0.15, -0.1) is 0 Å². The van der Waals surface area contributed by atoms with Crippen LogP contribution in [0.4, 0.5) is 0 Å². The topological polar surface area (TPSA) is 75.6 Å². The quantitative estimate of drug-likeness (QED) is 0.802. The molecule has 20 heavy (non-hydrogen) atoms. The maximum atomic E-state index is 11.6. The molecule has 1 amide bonds. The summed E-state index contributed by atoms with van der Waals surface area (Å²) in [5.41, 5.74) is 0.941. The van der Waals surface area contributed by atoms with Crippen LogP contribution in [0.2, 0.25) is 0 Å². The molecule has 0 saturated heterocycles. The molecule has 0 bridgehead atoms. The number of carboxylic acids is 1. The number of carbonyl (C=O) groups is 2. The van der Waals surface area contributed by atoms with Crippen LogP contribution in [-0.4, -0.2) is 30.1 Å². The lowest BCUT2D eigenvalue weighted by atomic mass is 10.1. The van der Waals surface area contributed by atoms with Crippen molar-refractivity contribution in [3.05, 3.63) is 29.3 Å². The average Bonchev–Trinajstić information content (AvgIpc) is 2.37. The molecule has 0 fully saturated rings. The van der Waals surface area contributed by atoms with Gasteiger partial charge in [-0.3, -0.25) is 4.79 Å². The minimum Gasteiger partial charge on any atom is -0.483 e. The number of aromatic carboxylic acids is 1. The third-order valence-corrected chi connectivity index (χ3v) is 2.84. The molecule has 0 aliphatic rings. The Bertz CT molecular complexity index is 483. The van der Waals surface area contributed by atoms with Crippen molar-refractivity contribution >= 4 is 11.9 Å². The SMILES string of the molecule is Cc1ccc(C(=O)O)cc1OCC(=O)NCCC(C)C. The van der Waals surface area contributed by atoms with E-state index < -0.39 is 5.97 Å². The van der Waals surface area contributed by atoms with Gasteiger partial charge in [0.05, 0.1) is 5.56 Å². The minimum absolute atomic E-state index is 0.109. The zero-order valence-corrected chi connectivity index (χ0v) is 12.1. The molecule has 5 heteroatoms. The number of benzene rings is 1. The standard InChI is InChI=1S/C15H21NO4/c1-10(2)6-7-16-14(17)9-20-13-8-12(15(18)19)5-4-11(13)3/h4-5,8,10H,6-7,9H2,1-3H3,(H,16,17)(H,18,19). The van der Waals surface area contributed by atoms with E-state index in [1.165, 1.54) is 12.1 Å². The molecule has 1 rings (SSSR count). The number of carbonyl (C=O) groups excluding carboxylic acids is 1. The Morgan fingerprint density at radius 2 is 2.05 bits per heavy atom. The maximum absolute atomic E-state index is 11.6. The zero-order chi connectivity index (χ0) is 15.1. The van der Waals surface area contributed by atoms with Crippen LogP contribution in [0.15, 0.2) is 18.2 Å². The van der Waals surface area contributed by atoms with Crippen LogP contribution < -0.4 is 10.1 Å².